The first kappa shape index (κ1) is 25.3. The Hall–Kier alpha value is -4.39. The first-order chi connectivity index (χ1) is 18.5. The minimum absolute atomic E-state index is 0.0882. The molecular weight excluding hydrogens is 479 g/mol. The van der Waals surface area contributed by atoms with Gasteiger partial charge >= 0.3 is 6.03 Å². The average Bonchev–Trinajstić information content (AvgIpc) is 3.41. The molecule has 6 nitrogen and oxygen atoms in total. The third kappa shape index (κ3) is 4.92. The second-order valence-electron chi connectivity index (χ2n) is 9.56. The maximum atomic E-state index is 14.3. The first-order valence-electron chi connectivity index (χ1n) is 12.9. The molecule has 1 N–H and O–H groups in total. The Balaban J connectivity index is 1.51. The van der Waals surface area contributed by atoms with Gasteiger partial charge in [-0.05, 0) is 55.3 Å². The molecule has 3 aromatic carbocycles. The van der Waals surface area contributed by atoms with Crippen molar-refractivity contribution in [1.29, 1.82) is 0 Å². The summed E-state index contributed by atoms with van der Waals surface area (Å²) >= 11 is 0. The number of fused-ring (bicyclic) bond motifs is 3. The fourth-order valence-corrected chi connectivity index (χ4v) is 5.02. The van der Waals surface area contributed by atoms with Crippen LogP contribution < -0.4 is 10.2 Å². The molecule has 0 fully saturated rings. The zero-order valence-electron chi connectivity index (χ0n) is 21.6. The largest absolute Gasteiger partial charge is 0.322 e. The number of urea groups is 1. The zero-order valence-corrected chi connectivity index (χ0v) is 21.6. The van der Waals surface area contributed by atoms with Crippen LogP contribution in [0.2, 0.25) is 0 Å². The van der Waals surface area contributed by atoms with Crippen molar-refractivity contribution in [3.05, 3.63) is 114 Å². The summed E-state index contributed by atoms with van der Waals surface area (Å²) < 4.78 is 16.4. The van der Waals surface area contributed by atoms with Gasteiger partial charge in [0.15, 0.2) is 0 Å². The van der Waals surface area contributed by atoms with Gasteiger partial charge in [0.05, 0.1) is 22.8 Å². The quantitative estimate of drug-likeness (QED) is 0.301. The number of halogens is 1. The third-order valence-corrected chi connectivity index (χ3v) is 6.86. The van der Waals surface area contributed by atoms with Crippen molar-refractivity contribution in [1.82, 2.24) is 9.47 Å². The van der Waals surface area contributed by atoms with Gasteiger partial charge in [-0.15, -0.1) is 0 Å². The molecule has 1 atom stereocenters. The first-order valence-corrected chi connectivity index (χ1v) is 12.9. The van der Waals surface area contributed by atoms with Gasteiger partial charge in [0.2, 0.25) is 5.91 Å². The van der Waals surface area contributed by atoms with Crippen LogP contribution >= 0.6 is 0 Å². The summed E-state index contributed by atoms with van der Waals surface area (Å²) in [5.41, 5.74) is 4.83. The van der Waals surface area contributed by atoms with Crippen molar-refractivity contribution in [3.8, 4) is 5.69 Å². The number of carbonyl (C=O) groups excluding carboxylic acids is 2. The molecule has 194 valence electrons. The van der Waals surface area contributed by atoms with E-state index in [-0.39, 0.29) is 24.2 Å². The Kier molecular flexibility index (Phi) is 7.26. The minimum atomic E-state index is -0.521. The van der Waals surface area contributed by atoms with Crippen LogP contribution in [0.4, 0.5) is 20.6 Å². The number of para-hydroxylation sites is 3. The Bertz CT molecular complexity index is 1460. The summed E-state index contributed by atoms with van der Waals surface area (Å²) in [5.74, 6) is -0.732. The second kappa shape index (κ2) is 10.9. The van der Waals surface area contributed by atoms with Crippen LogP contribution in [-0.4, -0.2) is 34.5 Å². The maximum Gasteiger partial charge on any atom is 0.322 e. The highest BCUT2D eigenvalue weighted by Gasteiger charge is 2.37. The molecule has 4 aromatic rings. The molecule has 1 aromatic heterocycles. The van der Waals surface area contributed by atoms with Gasteiger partial charge in [-0.2, -0.15) is 0 Å². The summed E-state index contributed by atoms with van der Waals surface area (Å²) in [4.78, 5) is 30.7. The lowest BCUT2D eigenvalue weighted by atomic mass is 9.96. The molecule has 1 aliphatic rings. The number of nitrogens with zero attached hydrogens (tertiary/aromatic N) is 3. The van der Waals surface area contributed by atoms with Crippen molar-refractivity contribution in [3.63, 3.8) is 0 Å². The average molecular weight is 511 g/mol. The maximum absolute atomic E-state index is 14.3. The van der Waals surface area contributed by atoms with Gasteiger partial charge in [0.25, 0.3) is 0 Å². The Labute approximate surface area is 222 Å². The number of amides is 3. The van der Waals surface area contributed by atoms with E-state index in [9.17, 15) is 14.0 Å². The number of hydrogen-bond acceptors (Lipinski definition) is 2. The minimum Gasteiger partial charge on any atom is -0.316 e. The number of nitrogens with one attached hydrogen (secondary N) is 1. The van der Waals surface area contributed by atoms with Crippen molar-refractivity contribution in [2.75, 3.05) is 23.3 Å². The van der Waals surface area contributed by atoms with E-state index in [1.165, 1.54) is 17.0 Å². The lowest BCUT2D eigenvalue weighted by molar-refractivity contribution is -0.119. The summed E-state index contributed by atoms with van der Waals surface area (Å²) in [6.45, 7) is 4.30. The highest BCUT2D eigenvalue weighted by Crippen LogP contribution is 2.42. The van der Waals surface area contributed by atoms with E-state index in [0.717, 1.165) is 41.0 Å². The fraction of sp³-hybridized carbons (Fsp3) is 0.226. The topological polar surface area (TPSA) is 57.6 Å². The highest BCUT2D eigenvalue weighted by atomic mass is 19.1. The molecule has 0 aliphatic carbocycles. The normalized spacial score (nSPS) is 14.0. The molecule has 0 radical (unpaired) electrons. The van der Waals surface area contributed by atoms with Gasteiger partial charge in [-0.25, -0.2) is 9.18 Å². The molecule has 38 heavy (non-hydrogen) atoms. The van der Waals surface area contributed by atoms with Crippen LogP contribution in [0.1, 0.15) is 42.6 Å². The number of benzene rings is 3. The smallest absolute Gasteiger partial charge is 0.316 e. The molecule has 1 aliphatic heterocycles. The van der Waals surface area contributed by atoms with E-state index in [2.05, 4.69) is 16.0 Å². The van der Waals surface area contributed by atoms with Gasteiger partial charge in [-0.3, -0.25) is 9.69 Å². The number of unbranched alkanes of at least 4 members (excludes halogenated alkanes) is 1. The van der Waals surface area contributed by atoms with Crippen molar-refractivity contribution < 1.29 is 14.0 Å². The molecule has 1 unspecified atom stereocenters. The summed E-state index contributed by atoms with van der Waals surface area (Å²) in [6.07, 6.45) is 3.58. The third-order valence-electron chi connectivity index (χ3n) is 6.86. The Morgan fingerprint density at radius 3 is 2.47 bits per heavy atom. The number of anilines is 2. The van der Waals surface area contributed by atoms with Crippen LogP contribution in [0.3, 0.4) is 0 Å². The second-order valence-corrected chi connectivity index (χ2v) is 9.56. The van der Waals surface area contributed by atoms with E-state index in [1.54, 1.807) is 17.0 Å². The van der Waals surface area contributed by atoms with E-state index in [4.69, 9.17) is 0 Å². The molecule has 0 spiro atoms. The molecule has 2 heterocycles. The van der Waals surface area contributed by atoms with Crippen LogP contribution in [0, 0.1) is 12.7 Å². The number of hydrogen-bond donors (Lipinski definition) is 1. The molecule has 5 rings (SSSR count). The molecule has 0 bridgehead atoms. The van der Waals surface area contributed by atoms with Gasteiger partial charge in [0.1, 0.15) is 18.4 Å². The van der Waals surface area contributed by atoms with Crippen molar-refractivity contribution in [2.24, 2.45) is 0 Å². The number of rotatable bonds is 7. The number of aryl methyl sites for hydroxylation is 1. The molecule has 0 saturated heterocycles. The summed E-state index contributed by atoms with van der Waals surface area (Å²) in [5, 5.41) is 2.65. The van der Waals surface area contributed by atoms with E-state index in [1.807, 2.05) is 74.6 Å². The lowest BCUT2D eigenvalue weighted by Gasteiger charge is -2.39. The van der Waals surface area contributed by atoms with Crippen LogP contribution in [0.15, 0.2) is 91.1 Å². The van der Waals surface area contributed by atoms with E-state index >= 15 is 0 Å². The summed E-state index contributed by atoms with van der Waals surface area (Å²) in [6, 6.07) is 25.1. The van der Waals surface area contributed by atoms with Crippen molar-refractivity contribution >= 4 is 23.3 Å². The lowest BCUT2D eigenvalue weighted by Crippen LogP contribution is -2.48. The summed E-state index contributed by atoms with van der Waals surface area (Å²) in [7, 11) is 0. The van der Waals surface area contributed by atoms with Gasteiger partial charge in [0, 0.05) is 12.7 Å². The number of carbonyl (C=O) groups is 2. The molecule has 3 amide bonds. The van der Waals surface area contributed by atoms with Crippen molar-refractivity contribution in [2.45, 2.75) is 32.7 Å². The van der Waals surface area contributed by atoms with Crippen LogP contribution in [-0.2, 0) is 4.79 Å². The molecule has 0 saturated carbocycles. The standard InChI is InChI=1S/C31H31FN4O2/c1-3-4-18-34(31(38)33-25-14-6-5-13-24(25)32)21-29(37)36-27-16-8-7-15-26(27)35-19-10-17-28(35)30(36)23-12-9-11-22(2)20-23/h5-17,19-20,30H,3-4,18,21H2,1-2H3,(H,33,38). The van der Waals surface area contributed by atoms with Gasteiger partial charge < -0.3 is 14.8 Å². The Morgan fingerprint density at radius 1 is 0.947 bits per heavy atom. The van der Waals surface area contributed by atoms with Gasteiger partial charge in [-0.1, -0.05) is 67.4 Å². The highest BCUT2D eigenvalue weighted by molar-refractivity contribution is 6.01. The zero-order chi connectivity index (χ0) is 26.6. The van der Waals surface area contributed by atoms with Crippen LogP contribution in [0.25, 0.3) is 5.69 Å². The van der Waals surface area contributed by atoms with E-state index in [0.29, 0.717) is 6.54 Å². The Morgan fingerprint density at radius 2 is 1.71 bits per heavy atom. The SMILES string of the molecule is CCCCN(CC(=O)N1c2ccccc2-n2cccc2C1c1cccc(C)c1)C(=O)Nc1ccccc1F. The molecule has 7 heteroatoms. The van der Waals surface area contributed by atoms with Crippen LogP contribution in [0.5, 0.6) is 0 Å². The predicted octanol–water partition coefficient (Wildman–Crippen LogP) is 6.70. The monoisotopic (exact) mass is 510 g/mol. The predicted molar refractivity (Wildman–Crippen MR) is 148 cm³/mol. The molecular formula is C31H31FN4O2. The number of aromatic nitrogens is 1. The fourth-order valence-electron chi connectivity index (χ4n) is 5.02. The van der Waals surface area contributed by atoms with E-state index < -0.39 is 11.8 Å².